The second-order valence-corrected chi connectivity index (χ2v) is 11.8. The van der Waals surface area contributed by atoms with Crippen molar-refractivity contribution in [3.8, 4) is 11.4 Å². The van der Waals surface area contributed by atoms with E-state index in [1.807, 2.05) is 6.92 Å². The normalized spacial score (nSPS) is 20.8. The summed E-state index contributed by atoms with van der Waals surface area (Å²) < 4.78 is 32.2. The minimum absolute atomic E-state index is 0.0565. The number of nitrogen functional groups attached to an aromatic ring is 1. The van der Waals surface area contributed by atoms with Gasteiger partial charge in [-0.3, -0.25) is 4.90 Å². The zero-order valence-electron chi connectivity index (χ0n) is 19.2. The Kier molecular flexibility index (Phi) is 6.37. The number of hydrogen-bond acceptors (Lipinski definition) is 11. The highest BCUT2D eigenvalue weighted by molar-refractivity contribution is 7.88. The molecule has 0 radical (unpaired) electrons. The van der Waals surface area contributed by atoms with Crippen LogP contribution in [0.5, 0.6) is 0 Å². The molecule has 2 aliphatic rings. The molecule has 2 saturated heterocycles. The van der Waals surface area contributed by atoms with Gasteiger partial charge < -0.3 is 15.4 Å². The van der Waals surface area contributed by atoms with Crippen molar-refractivity contribution in [3.63, 3.8) is 0 Å². The first-order valence-corrected chi connectivity index (χ1v) is 13.8. The van der Waals surface area contributed by atoms with E-state index in [1.54, 1.807) is 28.0 Å². The number of nitrogens with zero attached hydrogens (tertiary/aromatic N) is 7. The molecule has 3 aromatic rings. The van der Waals surface area contributed by atoms with E-state index in [2.05, 4.69) is 25.8 Å². The van der Waals surface area contributed by atoms with Gasteiger partial charge >= 0.3 is 0 Å². The second-order valence-electron chi connectivity index (χ2n) is 8.69. The molecule has 0 bridgehead atoms. The summed E-state index contributed by atoms with van der Waals surface area (Å²) in [7, 11) is -3.19. The number of aromatic nitrogens is 4. The van der Waals surface area contributed by atoms with Crippen LogP contribution in [0.25, 0.3) is 21.6 Å². The van der Waals surface area contributed by atoms with Crippen molar-refractivity contribution in [2.45, 2.75) is 19.5 Å². The van der Waals surface area contributed by atoms with Gasteiger partial charge in [0.1, 0.15) is 0 Å². The minimum atomic E-state index is -3.19. The lowest BCUT2D eigenvalue weighted by Crippen LogP contribution is -2.53. The van der Waals surface area contributed by atoms with Crippen LogP contribution in [0, 0.1) is 0 Å². The largest absolute Gasteiger partial charge is 0.378 e. The number of thiophene rings is 1. The van der Waals surface area contributed by atoms with Crippen molar-refractivity contribution in [2.24, 2.45) is 0 Å². The summed E-state index contributed by atoms with van der Waals surface area (Å²) in [4.78, 5) is 23.6. The second kappa shape index (κ2) is 9.30. The molecule has 0 spiro atoms. The Balaban J connectivity index is 1.46. The number of hydrogen-bond donors (Lipinski definition) is 1. The van der Waals surface area contributed by atoms with E-state index >= 15 is 0 Å². The first-order chi connectivity index (χ1) is 16.3. The van der Waals surface area contributed by atoms with Crippen LogP contribution in [0.3, 0.4) is 0 Å². The summed E-state index contributed by atoms with van der Waals surface area (Å²) in [5.74, 6) is 1.67. The van der Waals surface area contributed by atoms with Crippen molar-refractivity contribution in [1.29, 1.82) is 0 Å². The number of piperazine rings is 1. The number of anilines is 2. The highest BCUT2D eigenvalue weighted by atomic mass is 32.2. The fraction of sp³-hybridized carbons (Fsp3) is 0.524. The van der Waals surface area contributed by atoms with E-state index in [1.165, 1.54) is 11.1 Å². The third-order valence-corrected chi connectivity index (χ3v) is 8.60. The SMILES string of the molecule is C[C@@H]1CN(Cc2cc3nc(-c4cnc(N)nc4)nc(N4CCOCC4)c3s2)CCN1S(C)(=O)=O. The molecule has 0 amide bonds. The average molecular weight is 505 g/mol. The lowest BCUT2D eigenvalue weighted by atomic mass is 10.2. The Morgan fingerprint density at radius 2 is 1.88 bits per heavy atom. The van der Waals surface area contributed by atoms with Crippen LogP contribution >= 0.6 is 11.3 Å². The van der Waals surface area contributed by atoms with Gasteiger partial charge in [-0.05, 0) is 13.0 Å². The predicted molar refractivity (Wildman–Crippen MR) is 132 cm³/mol. The van der Waals surface area contributed by atoms with E-state index in [0.29, 0.717) is 44.2 Å². The molecule has 0 aromatic carbocycles. The summed E-state index contributed by atoms with van der Waals surface area (Å²) in [6, 6.07) is 2.06. The van der Waals surface area contributed by atoms with Crippen molar-refractivity contribution in [3.05, 3.63) is 23.3 Å². The van der Waals surface area contributed by atoms with Crippen LogP contribution in [0.2, 0.25) is 0 Å². The average Bonchev–Trinajstić information content (AvgIpc) is 3.21. The van der Waals surface area contributed by atoms with Gasteiger partial charge in [0.25, 0.3) is 0 Å². The Morgan fingerprint density at radius 3 is 2.56 bits per heavy atom. The molecule has 3 aromatic heterocycles. The van der Waals surface area contributed by atoms with Gasteiger partial charge in [0.2, 0.25) is 16.0 Å². The van der Waals surface area contributed by atoms with Crippen LogP contribution in [0.15, 0.2) is 18.5 Å². The van der Waals surface area contributed by atoms with Gasteiger partial charge in [-0.25, -0.2) is 28.4 Å². The first kappa shape index (κ1) is 23.3. The molecular weight excluding hydrogens is 476 g/mol. The Hall–Kier alpha value is -2.45. The number of nitrogens with two attached hydrogens (primary N) is 1. The molecule has 34 heavy (non-hydrogen) atoms. The van der Waals surface area contributed by atoms with E-state index in [0.717, 1.165) is 35.7 Å². The zero-order chi connectivity index (χ0) is 23.9. The summed E-state index contributed by atoms with van der Waals surface area (Å²) in [5.41, 5.74) is 7.24. The summed E-state index contributed by atoms with van der Waals surface area (Å²) in [6.45, 7) is 7.44. The minimum Gasteiger partial charge on any atom is -0.378 e. The Labute approximate surface area is 202 Å². The molecular formula is C21H28N8O3S2. The monoisotopic (exact) mass is 504 g/mol. The van der Waals surface area contributed by atoms with E-state index in [9.17, 15) is 8.42 Å². The maximum Gasteiger partial charge on any atom is 0.219 e. The van der Waals surface area contributed by atoms with E-state index < -0.39 is 10.0 Å². The molecule has 0 unspecified atom stereocenters. The molecule has 5 heterocycles. The van der Waals surface area contributed by atoms with Crippen LogP contribution in [0.4, 0.5) is 11.8 Å². The zero-order valence-corrected chi connectivity index (χ0v) is 20.8. The van der Waals surface area contributed by atoms with Crippen molar-refractivity contribution in [1.82, 2.24) is 29.1 Å². The quantitative estimate of drug-likeness (QED) is 0.537. The molecule has 2 aliphatic heterocycles. The molecule has 0 aliphatic carbocycles. The number of morpholine rings is 1. The maximum atomic E-state index is 12.0. The molecule has 1 atom stereocenters. The fourth-order valence-corrected chi connectivity index (χ4v) is 6.78. The molecule has 5 rings (SSSR count). The molecule has 2 N–H and O–H groups in total. The van der Waals surface area contributed by atoms with Gasteiger partial charge in [0.05, 0.1) is 35.2 Å². The molecule has 13 heteroatoms. The van der Waals surface area contributed by atoms with Crippen molar-refractivity contribution < 1.29 is 13.2 Å². The Bertz CT molecular complexity index is 1280. The number of rotatable bonds is 5. The van der Waals surface area contributed by atoms with Crippen LogP contribution in [-0.2, 0) is 21.3 Å². The maximum absolute atomic E-state index is 12.0. The third-order valence-electron chi connectivity index (χ3n) is 6.10. The van der Waals surface area contributed by atoms with Crippen molar-refractivity contribution in [2.75, 3.05) is 62.8 Å². The lowest BCUT2D eigenvalue weighted by molar-refractivity contribution is 0.122. The topological polar surface area (TPSA) is 131 Å². The summed E-state index contributed by atoms with van der Waals surface area (Å²) in [5, 5.41) is 0. The summed E-state index contributed by atoms with van der Waals surface area (Å²) in [6.07, 6.45) is 4.56. The van der Waals surface area contributed by atoms with Gasteiger partial charge in [0, 0.05) is 62.6 Å². The van der Waals surface area contributed by atoms with Gasteiger partial charge in [-0.2, -0.15) is 4.31 Å². The third kappa shape index (κ3) is 4.84. The molecule has 2 fully saturated rings. The summed E-state index contributed by atoms with van der Waals surface area (Å²) >= 11 is 1.69. The van der Waals surface area contributed by atoms with E-state index in [-0.39, 0.29) is 12.0 Å². The number of ether oxygens (including phenoxy) is 1. The molecule has 182 valence electrons. The smallest absolute Gasteiger partial charge is 0.219 e. The van der Waals surface area contributed by atoms with Crippen LogP contribution in [-0.4, -0.2) is 95.8 Å². The fourth-order valence-electron chi connectivity index (χ4n) is 4.49. The Morgan fingerprint density at radius 1 is 1.15 bits per heavy atom. The number of sulfonamides is 1. The lowest BCUT2D eigenvalue weighted by Gasteiger charge is -2.38. The van der Waals surface area contributed by atoms with Crippen LogP contribution < -0.4 is 10.6 Å². The van der Waals surface area contributed by atoms with Gasteiger partial charge in [-0.1, -0.05) is 0 Å². The van der Waals surface area contributed by atoms with Crippen LogP contribution in [0.1, 0.15) is 11.8 Å². The van der Waals surface area contributed by atoms with E-state index in [4.69, 9.17) is 20.4 Å². The standard InChI is InChI=1S/C21H28N8O3S2/c1-14-12-27(3-4-29(14)34(2,30)31)13-16-9-17-18(33-16)20(28-5-7-32-8-6-28)26-19(25-17)15-10-23-21(22)24-11-15/h9-11,14H,3-8,12-13H2,1-2H3,(H2,22,23,24)/t14-/m1/s1. The predicted octanol–water partition coefficient (Wildman–Crippen LogP) is 1.03. The highest BCUT2D eigenvalue weighted by Crippen LogP contribution is 2.35. The number of fused-ring (bicyclic) bond motifs is 1. The molecule has 0 saturated carbocycles. The van der Waals surface area contributed by atoms with Gasteiger partial charge in [0.15, 0.2) is 11.6 Å². The van der Waals surface area contributed by atoms with Gasteiger partial charge in [-0.15, -0.1) is 11.3 Å². The first-order valence-electron chi connectivity index (χ1n) is 11.2. The molecule has 11 nitrogen and oxygen atoms in total. The highest BCUT2D eigenvalue weighted by Gasteiger charge is 2.30. The van der Waals surface area contributed by atoms with Crippen molar-refractivity contribution >= 4 is 43.3 Å².